The number of aryl methyl sites for hydroxylation is 2. The lowest BCUT2D eigenvalue weighted by atomic mass is 10.1. The fourth-order valence-corrected chi connectivity index (χ4v) is 2.02. The van der Waals surface area contributed by atoms with Crippen molar-refractivity contribution in [3.05, 3.63) is 64.1 Å². The van der Waals surface area contributed by atoms with Crippen molar-refractivity contribution in [3.8, 4) is 5.75 Å². The Kier molecular flexibility index (Phi) is 4.82. The molecule has 0 bridgehead atoms. The fraction of sp³-hybridized carbons (Fsp3) is 0.250. The molecule has 94 valence electrons. The molecular formula is C16H17BrO. The second-order valence-electron chi connectivity index (χ2n) is 4.39. The molecule has 0 aliphatic heterocycles. The molecular weight excluding hydrogens is 288 g/mol. The van der Waals surface area contributed by atoms with Gasteiger partial charge < -0.3 is 4.74 Å². The largest absolute Gasteiger partial charge is 0.494 e. The maximum absolute atomic E-state index is 5.69. The Morgan fingerprint density at radius 1 is 0.944 bits per heavy atom. The van der Waals surface area contributed by atoms with E-state index in [1.165, 1.54) is 11.1 Å². The van der Waals surface area contributed by atoms with Gasteiger partial charge in [0.15, 0.2) is 0 Å². The van der Waals surface area contributed by atoms with Gasteiger partial charge >= 0.3 is 0 Å². The van der Waals surface area contributed by atoms with E-state index in [1.807, 2.05) is 24.3 Å². The van der Waals surface area contributed by atoms with E-state index in [9.17, 15) is 0 Å². The van der Waals surface area contributed by atoms with Gasteiger partial charge in [0.05, 0.1) is 6.61 Å². The third kappa shape index (κ3) is 4.19. The Balaban J connectivity index is 1.73. The number of hydrogen-bond donors (Lipinski definition) is 0. The SMILES string of the molecule is Cc1ccc(CCCOc2ccc(Br)cc2)cc1. The van der Waals surface area contributed by atoms with E-state index in [4.69, 9.17) is 4.74 Å². The van der Waals surface area contributed by atoms with Gasteiger partial charge in [0.2, 0.25) is 0 Å². The first-order valence-electron chi connectivity index (χ1n) is 6.18. The lowest BCUT2D eigenvalue weighted by molar-refractivity contribution is 0.311. The zero-order valence-electron chi connectivity index (χ0n) is 10.5. The predicted molar refractivity (Wildman–Crippen MR) is 79.1 cm³/mol. The first kappa shape index (κ1) is 13.2. The van der Waals surface area contributed by atoms with E-state index >= 15 is 0 Å². The van der Waals surface area contributed by atoms with E-state index in [1.54, 1.807) is 0 Å². The van der Waals surface area contributed by atoms with Crippen LogP contribution in [0, 0.1) is 6.92 Å². The number of benzene rings is 2. The van der Waals surface area contributed by atoms with Gasteiger partial charge in [-0.25, -0.2) is 0 Å². The first-order chi connectivity index (χ1) is 8.74. The molecule has 0 aliphatic carbocycles. The summed E-state index contributed by atoms with van der Waals surface area (Å²) in [5, 5.41) is 0. The molecule has 0 N–H and O–H groups in total. The normalized spacial score (nSPS) is 10.3. The standard InChI is InChI=1S/C16H17BrO/c1-13-4-6-14(7-5-13)3-2-12-18-16-10-8-15(17)9-11-16/h4-11H,2-3,12H2,1H3. The summed E-state index contributed by atoms with van der Waals surface area (Å²) in [5.74, 6) is 0.933. The third-order valence-electron chi connectivity index (χ3n) is 2.81. The molecule has 2 heteroatoms. The van der Waals surface area contributed by atoms with Gasteiger partial charge in [-0.2, -0.15) is 0 Å². The van der Waals surface area contributed by atoms with Gasteiger partial charge in [-0.1, -0.05) is 45.8 Å². The Labute approximate surface area is 117 Å². The third-order valence-corrected chi connectivity index (χ3v) is 3.34. The molecule has 1 nitrogen and oxygen atoms in total. The second-order valence-corrected chi connectivity index (χ2v) is 5.31. The van der Waals surface area contributed by atoms with Crippen LogP contribution in [0.5, 0.6) is 5.75 Å². The summed E-state index contributed by atoms with van der Waals surface area (Å²) >= 11 is 3.41. The Hall–Kier alpha value is -1.28. The van der Waals surface area contributed by atoms with Crippen LogP contribution in [0.4, 0.5) is 0 Å². The van der Waals surface area contributed by atoms with Crippen molar-refractivity contribution in [1.82, 2.24) is 0 Å². The van der Waals surface area contributed by atoms with Gasteiger partial charge in [0.25, 0.3) is 0 Å². The van der Waals surface area contributed by atoms with Gasteiger partial charge in [0.1, 0.15) is 5.75 Å². The Morgan fingerprint density at radius 3 is 2.28 bits per heavy atom. The van der Waals surface area contributed by atoms with E-state index in [0.717, 1.165) is 29.7 Å². The number of hydrogen-bond acceptors (Lipinski definition) is 1. The maximum Gasteiger partial charge on any atom is 0.119 e. The van der Waals surface area contributed by atoms with Crippen LogP contribution in [0.3, 0.4) is 0 Å². The smallest absolute Gasteiger partial charge is 0.119 e. The molecule has 0 atom stereocenters. The molecule has 0 aliphatic rings. The highest BCUT2D eigenvalue weighted by Crippen LogP contribution is 2.16. The van der Waals surface area contributed by atoms with Crippen LogP contribution in [0.2, 0.25) is 0 Å². The molecule has 0 spiro atoms. The molecule has 2 rings (SSSR count). The van der Waals surface area contributed by atoms with Crippen LogP contribution in [0.25, 0.3) is 0 Å². The maximum atomic E-state index is 5.69. The fourth-order valence-electron chi connectivity index (χ4n) is 1.75. The topological polar surface area (TPSA) is 9.23 Å². The summed E-state index contributed by atoms with van der Waals surface area (Å²) < 4.78 is 6.76. The molecule has 2 aromatic rings. The molecule has 2 aromatic carbocycles. The van der Waals surface area contributed by atoms with Crippen LogP contribution in [0.15, 0.2) is 53.0 Å². The minimum absolute atomic E-state index is 0.759. The van der Waals surface area contributed by atoms with E-state index in [2.05, 4.69) is 47.1 Å². The number of halogens is 1. The Bertz CT molecular complexity index is 426. The number of ether oxygens (including phenoxy) is 1. The monoisotopic (exact) mass is 304 g/mol. The van der Waals surface area contributed by atoms with Crippen LogP contribution in [-0.2, 0) is 6.42 Å². The zero-order valence-corrected chi connectivity index (χ0v) is 12.1. The predicted octanol–water partition coefficient (Wildman–Crippen LogP) is 4.77. The molecule has 0 saturated heterocycles. The lowest BCUT2D eigenvalue weighted by Crippen LogP contribution is -1.99. The highest BCUT2D eigenvalue weighted by molar-refractivity contribution is 9.10. The average Bonchev–Trinajstić information content (AvgIpc) is 2.39. The number of rotatable bonds is 5. The van der Waals surface area contributed by atoms with Gasteiger partial charge in [-0.05, 0) is 49.6 Å². The van der Waals surface area contributed by atoms with Gasteiger partial charge in [0, 0.05) is 4.47 Å². The van der Waals surface area contributed by atoms with Crippen LogP contribution >= 0.6 is 15.9 Å². The summed E-state index contributed by atoms with van der Waals surface area (Å²) in [7, 11) is 0. The molecule has 0 radical (unpaired) electrons. The van der Waals surface area contributed by atoms with Crippen molar-refractivity contribution >= 4 is 15.9 Å². The highest BCUT2D eigenvalue weighted by atomic mass is 79.9. The van der Waals surface area contributed by atoms with Crippen molar-refractivity contribution in [2.75, 3.05) is 6.61 Å². The molecule has 0 saturated carbocycles. The van der Waals surface area contributed by atoms with Crippen molar-refractivity contribution < 1.29 is 4.74 Å². The van der Waals surface area contributed by atoms with Crippen molar-refractivity contribution in [2.24, 2.45) is 0 Å². The van der Waals surface area contributed by atoms with Crippen LogP contribution in [-0.4, -0.2) is 6.61 Å². The molecule has 0 fully saturated rings. The van der Waals surface area contributed by atoms with E-state index in [-0.39, 0.29) is 0 Å². The van der Waals surface area contributed by atoms with Crippen LogP contribution < -0.4 is 4.74 Å². The summed E-state index contributed by atoms with van der Waals surface area (Å²) in [6.45, 7) is 2.87. The molecule has 0 amide bonds. The summed E-state index contributed by atoms with van der Waals surface area (Å²) in [6, 6.07) is 16.6. The minimum Gasteiger partial charge on any atom is -0.494 e. The van der Waals surface area contributed by atoms with Crippen molar-refractivity contribution in [3.63, 3.8) is 0 Å². The van der Waals surface area contributed by atoms with Crippen LogP contribution in [0.1, 0.15) is 17.5 Å². The molecule has 0 unspecified atom stereocenters. The average molecular weight is 305 g/mol. The van der Waals surface area contributed by atoms with Gasteiger partial charge in [-0.15, -0.1) is 0 Å². The zero-order chi connectivity index (χ0) is 12.8. The molecule has 18 heavy (non-hydrogen) atoms. The minimum atomic E-state index is 0.759. The van der Waals surface area contributed by atoms with E-state index in [0.29, 0.717) is 0 Å². The van der Waals surface area contributed by atoms with Crippen molar-refractivity contribution in [2.45, 2.75) is 19.8 Å². The summed E-state index contributed by atoms with van der Waals surface area (Å²) in [4.78, 5) is 0. The Morgan fingerprint density at radius 2 is 1.61 bits per heavy atom. The summed E-state index contributed by atoms with van der Waals surface area (Å²) in [6.07, 6.45) is 2.11. The second kappa shape index (κ2) is 6.60. The first-order valence-corrected chi connectivity index (χ1v) is 6.97. The molecule has 0 aromatic heterocycles. The molecule has 0 heterocycles. The summed E-state index contributed by atoms with van der Waals surface area (Å²) in [5.41, 5.74) is 2.69. The quantitative estimate of drug-likeness (QED) is 0.723. The van der Waals surface area contributed by atoms with Gasteiger partial charge in [-0.3, -0.25) is 0 Å². The van der Waals surface area contributed by atoms with E-state index < -0.39 is 0 Å². The lowest BCUT2D eigenvalue weighted by Gasteiger charge is -2.06. The van der Waals surface area contributed by atoms with Crippen molar-refractivity contribution in [1.29, 1.82) is 0 Å². The highest BCUT2D eigenvalue weighted by Gasteiger charge is 1.96.